The number of benzene rings is 2. The highest BCUT2D eigenvalue weighted by Gasteiger charge is 2.44. The van der Waals surface area contributed by atoms with E-state index in [4.69, 9.17) is 0 Å². The van der Waals surface area contributed by atoms with Crippen LogP contribution in [0.3, 0.4) is 0 Å². The Morgan fingerprint density at radius 3 is 2.08 bits per heavy atom. The van der Waals surface area contributed by atoms with Gasteiger partial charge in [-0.2, -0.15) is 0 Å². The van der Waals surface area contributed by atoms with Gasteiger partial charge in [-0.3, -0.25) is 19.3 Å². The molecule has 2 aliphatic heterocycles. The van der Waals surface area contributed by atoms with Crippen molar-refractivity contribution < 1.29 is 14.4 Å². The lowest BCUT2D eigenvalue weighted by atomic mass is 10.0. The van der Waals surface area contributed by atoms with Gasteiger partial charge in [0.25, 0.3) is 11.8 Å². The summed E-state index contributed by atoms with van der Waals surface area (Å²) in [5.41, 5.74) is 1.82. The molecule has 1 atom stereocenters. The number of hydrogen-bond acceptors (Lipinski definition) is 3. The lowest BCUT2D eigenvalue weighted by Crippen LogP contribution is -2.53. The van der Waals surface area contributed by atoms with Crippen LogP contribution in [0.4, 0.5) is 0 Å². The minimum Gasteiger partial charge on any atom is -0.337 e. The smallest absolute Gasteiger partial charge is 0.262 e. The van der Waals surface area contributed by atoms with Gasteiger partial charge in [0.15, 0.2) is 0 Å². The predicted octanol–water partition coefficient (Wildman–Crippen LogP) is 2.47. The molecule has 5 heteroatoms. The Kier molecular flexibility index (Phi) is 3.84. The number of likely N-dealkylation sites (tertiary alicyclic amines) is 1. The van der Waals surface area contributed by atoms with Crippen molar-refractivity contribution in [2.75, 3.05) is 6.54 Å². The second-order valence-electron chi connectivity index (χ2n) is 6.43. The van der Waals surface area contributed by atoms with Gasteiger partial charge in [0.2, 0.25) is 5.91 Å². The number of amides is 3. The van der Waals surface area contributed by atoms with Crippen molar-refractivity contribution in [3.05, 3.63) is 71.3 Å². The van der Waals surface area contributed by atoms with Crippen LogP contribution in [-0.4, -0.2) is 40.1 Å². The van der Waals surface area contributed by atoms with Gasteiger partial charge in [-0.05, 0) is 30.5 Å². The molecular weight excluding hydrogens is 316 g/mol. The summed E-state index contributed by atoms with van der Waals surface area (Å²) in [4.78, 5) is 41.1. The third-order valence-electron chi connectivity index (χ3n) is 4.86. The molecule has 1 fully saturated rings. The highest BCUT2D eigenvalue weighted by molar-refractivity contribution is 6.22. The van der Waals surface area contributed by atoms with E-state index in [1.54, 1.807) is 29.2 Å². The van der Waals surface area contributed by atoms with Gasteiger partial charge in [-0.15, -0.1) is 0 Å². The number of nitrogens with zero attached hydrogens (tertiary/aromatic N) is 2. The summed E-state index contributed by atoms with van der Waals surface area (Å²) in [5, 5.41) is 0. The van der Waals surface area contributed by atoms with Gasteiger partial charge in [0.05, 0.1) is 11.1 Å². The SMILES string of the molecule is O=C1C(N2C(=O)c3ccccc3C2=O)CCCN1Cc1ccccc1. The van der Waals surface area contributed by atoms with Gasteiger partial charge in [-0.1, -0.05) is 42.5 Å². The van der Waals surface area contributed by atoms with Crippen LogP contribution < -0.4 is 0 Å². The maximum atomic E-state index is 12.9. The minimum absolute atomic E-state index is 0.149. The lowest BCUT2D eigenvalue weighted by Gasteiger charge is -2.35. The normalized spacial score (nSPS) is 20.2. The predicted molar refractivity (Wildman–Crippen MR) is 91.8 cm³/mol. The molecule has 5 nitrogen and oxygen atoms in total. The third kappa shape index (κ3) is 2.61. The molecule has 4 rings (SSSR count). The second-order valence-corrected chi connectivity index (χ2v) is 6.43. The van der Waals surface area contributed by atoms with Crippen LogP contribution in [0.25, 0.3) is 0 Å². The molecule has 2 aromatic rings. The molecular formula is C20H18N2O3. The van der Waals surface area contributed by atoms with Crippen molar-refractivity contribution in [3.8, 4) is 0 Å². The highest BCUT2D eigenvalue weighted by Crippen LogP contribution is 2.29. The molecule has 2 heterocycles. The van der Waals surface area contributed by atoms with Gasteiger partial charge < -0.3 is 4.90 Å². The van der Waals surface area contributed by atoms with E-state index in [9.17, 15) is 14.4 Å². The highest BCUT2D eigenvalue weighted by atomic mass is 16.2. The summed E-state index contributed by atoms with van der Waals surface area (Å²) in [5.74, 6) is -0.870. The summed E-state index contributed by atoms with van der Waals surface area (Å²) in [6, 6.07) is 15.8. The van der Waals surface area contributed by atoms with Crippen molar-refractivity contribution >= 4 is 17.7 Å². The van der Waals surface area contributed by atoms with Crippen LogP contribution in [0, 0.1) is 0 Å². The molecule has 0 N–H and O–H groups in total. The molecule has 3 amide bonds. The average Bonchev–Trinajstić information content (AvgIpc) is 2.89. The molecule has 0 spiro atoms. The van der Waals surface area contributed by atoms with Gasteiger partial charge in [0.1, 0.15) is 6.04 Å². The minimum atomic E-state index is -0.704. The van der Waals surface area contributed by atoms with Crippen molar-refractivity contribution in [2.24, 2.45) is 0 Å². The fourth-order valence-corrected chi connectivity index (χ4v) is 3.61. The Bertz CT molecular complexity index is 812. The number of piperidine rings is 1. The molecule has 2 aliphatic rings. The number of carbonyl (C=O) groups excluding carboxylic acids is 3. The molecule has 0 aromatic heterocycles. The van der Waals surface area contributed by atoms with E-state index >= 15 is 0 Å². The fraction of sp³-hybridized carbons (Fsp3) is 0.250. The molecule has 2 aromatic carbocycles. The molecule has 1 unspecified atom stereocenters. The molecule has 126 valence electrons. The number of carbonyl (C=O) groups is 3. The van der Waals surface area contributed by atoms with E-state index in [2.05, 4.69) is 0 Å². The Hall–Kier alpha value is -2.95. The van der Waals surface area contributed by atoms with E-state index in [0.717, 1.165) is 16.9 Å². The van der Waals surface area contributed by atoms with Crippen LogP contribution in [0.2, 0.25) is 0 Å². The Balaban J connectivity index is 1.58. The number of fused-ring (bicyclic) bond motifs is 1. The number of imide groups is 1. The molecule has 0 aliphatic carbocycles. The number of hydrogen-bond donors (Lipinski definition) is 0. The largest absolute Gasteiger partial charge is 0.337 e. The fourth-order valence-electron chi connectivity index (χ4n) is 3.61. The van der Waals surface area contributed by atoms with Crippen molar-refractivity contribution in [1.82, 2.24) is 9.80 Å². The Labute approximate surface area is 145 Å². The molecule has 0 radical (unpaired) electrons. The van der Waals surface area contributed by atoms with Gasteiger partial charge >= 0.3 is 0 Å². The third-order valence-corrected chi connectivity index (χ3v) is 4.86. The van der Waals surface area contributed by atoms with E-state index in [-0.39, 0.29) is 17.7 Å². The Morgan fingerprint density at radius 2 is 1.44 bits per heavy atom. The first-order valence-electron chi connectivity index (χ1n) is 8.46. The first-order valence-corrected chi connectivity index (χ1v) is 8.46. The summed E-state index contributed by atoms with van der Waals surface area (Å²) in [6.45, 7) is 1.15. The monoisotopic (exact) mass is 334 g/mol. The van der Waals surface area contributed by atoms with Gasteiger partial charge in [-0.25, -0.2) is 0 Å². The van der Waals surface area contributed by atoms with Crippen LogP contribution in [0.1, 0.15) is 39.1 Å². The second kappa shape index (κ2) is 6.16. The molecule has 1 saturated heterocycles. The van der Waals surface area contributed by atoms with E-state index < -0.39 is 6.04 Å². The topological polar surface area (TPSA) is 57.7 Å². The molecule has 25 heavy (non-hydrogen) atoms. The van der Waals surface area contributed by atoms with Crippen molar-refractivity contribution in [1.29, 1.82) is 0 Å². The quantitative estimate of drug-likeness (QED) is 0.810. The molecule has 0 bridgehead atoms. The summed E-state index contributed by atoms with van der Waals surface area (Å²) < 4.78 is 0. The van der Waals surface area contributed by atoms with Crippen molar-refractivity contribution in [2.45, 2.75) is 25.4 Å². The van der Waals surface area contributed by atoms with Gasteiger partial charge in [0, 0.05) is 13.1 Å². The summed E-state index contributed by atoms with van der Waals surface area (Å²) >= 11 is 0. The van der Waals surface area contributed by atoms with E-state index in [0.29, 0.717) is 30.6 Å². The summed E-state index contributed by atoms with van der Waals surface area (Å²) in [6.07, 6.45) is 1.30. The maximum Gasteiger partial charge on any atom is 0.262 e. The zero-order valence-electron chi connectivity index (χ0n) is 13.7. The Morgan fingerprint density at radius 1 is 0.840 bits per heavy atom. The zero-order valence-corrected chi connectivity index (χ0v) is 13.7. The van der Waals surface area contributed by atoms with E-state index in [1.165, 1.54) is 0 Å². The van der Waals surface area contributed by atoms with Crippen LogP contribution in [-0.2, 0) is 11.3 Å². The van der Waals surface area contributed by atoms with E-state index in [1.807, 2.05) is 30.3 Å². The molecule has 0 saturated carbocycles. The van der Waals surface area contributed by atoms with Crippen LogP contribution >= 0.6 is 0 Å². The van der Waals surface area contributed by atoms with Crippen LogP contribution in [0.5, 0.6) is 0 Å². The first-order chi connectivity index (χ1) is 12.2. The van der Waals surface area contributed by atoms with Crippen LogP contribution in [0.15, 0.2) is 54.6 Å². The standard InChI is InChI=1S/C20H18N2O3/c23-18-15-9-4-5-10-16(15)19(24)22(18)17-11-6-12-21(20(17)25)13-14-7-2-1-3-8-14/h1-5,7-10,17H,6,11-13H2. The average molecular weight is 334 g/mol. The van der Waals surface area contributed by atoms with Crippen molar-refractivity contribution in [3.63, 3.8) is 0 Å². The zero-order chi connectivity index (χ0) is 17.4. The lowest BCUT2D eigenvalue weighted by molar-refractivity contribution is -0.138. The maximum absolute atomic E-state index is 12.9. The summed E-state index contributed by atoms with van der Waals surface area (Å²) in [7, 11) is 0. The first kappa shape index (κ1) is 15.6. The number of rotatable bonds is 3.